The number of hydrazine groups is 1. The number of hydrogen-bond donors (Lipinski definition) is 2. The molecule has 0 aliphatic heterocycles. The van der Waals surface area contributed by atoms with Crippen molar-refractivity contribution in [3.8, 4) is 0 Å². The molecule has 0 amide bonds. The zero-order valence-electron chi connectivity index (χ0n) is 9.62. The molecule has 2 fully saturated rings. The van der Waals surface area contributed by atoms with Crippen molar-refractivity contribution in [1.82, 2.24) is 4.83 Å². The molecule has 0 aromatic heterocycles. The van der Waals surface area contributed by atoms with Crippen LogP contribution in [-0.4, -0.2) is 20.0 Å². The number of rotatable bonds is 3. The van der Waals surface area contributed by atoms with Gasteiger partial charge in [-0.05, 0) is 24.2 Å². The SMILES string of the molecule is CC1(C)[C@@H]2CC[C@]1(CS(=O)(=O)NN)C(=O)C2. The standard InChI is InChI=1S/C10H18N2O3S/c1-9(2)7-3-4-10(9,8(13)5-7)6-16(14,15)12-11/h7,12H,3-6,11H2,1-2H3/t7-,10+/m1/s1. The third kappa shape index (κ3) is 1.36. The van der Waals surface area contributed by atoms with Crippen molar-refractivity contribution in [2.45, 2.75) is 33.1 Å². The zero-order chi connectivity index (χ0) is 12.2. The van der Waals surface area contributed by atoms with Gasteiger partial charge in [-0.3, -0.25) is 10.6 Å². The number of ketones is 1. The third-order valence-electron chi connectivity index (χ3n) is 4.76. The maximum absolute atomic E-state index is 12.0. The molecule has 5 nitrogen and oxygen atoms in total. The summed E-state index contributed by atoms with van der Waals surface area (Å²) in [4.78, 5) is 13.9. The van der Waals surface area contributed by atoms with Gasteiger partial charge in [0.25, 0.3) is 0 Å². The fourth-order valence-electron chi connectivity index (χ4n) is 3.47. The van der Waals surface area contributed by atoms with Crippen LogP contribution in [0.25, 0.3) is 0 Å². The zero-order valence-corrected chi connectivity index (χ0v) is 10.4. The van der Waals surface area contributed by atoms with E-state index < -0.39 is 15.4 Å². The first-order valence-electron chi connectivity index (χ1n) is 5.48. The normalized spacial score (nSPS) is 36.9. The van der Waals surface area contributed by atoms with Crippen LogP contribution in [0.1, 0.15) is 33.1 Å². The van der Waals surface area contributed by atoms with Gasteiger partial charge in [-0.2, -0.15) is 4.83 Å². The summed E-state index contributed by atoms with van der Waals surface area (Å²) in [6, 6.07) is 0. The number of Topliss-reactive ketones (excluding diaryl/α,β-unsaturated/α-hetero) is 1. The molecule has 0 aromatic rings. The number of carbonyl (C=O) groups is 1. The van der Waals surface area contributed by atoms with E-state index in [0.717, 1.165) is 6.42 Å². The number of carbonyl (C=O) groups excluding carboxylic acids is 1. The van der Waals surface area contributed by atoms with Gasteiger partial charge in [0.15, 0.2) is 0 Å². The highest BCUT2D eigenvalue weighted by Crippen LogP contribution is 2.64. The van der Waals surface area contributed by atoms with Crippen LogP contribution in [0.5, 0.6) is 0 Å². The van der Waals surface area contributed by atoms with E-state index in [-0.39, 0.29) is 17.0 Å². The van der Waals surface area contributed by atoms with E-state index in [1.807, 2.05) is 18.7 Å². The van der Waals surface area contributed by atoms with Crippen LogP contribution in [-0.2, 0) is 14.8 Å². The maximum Gasteiger partial charge on any atom is 0.225 e. The molecule has 16 heavy (non-hydrogen) atoms. The first-order chi connectivity index (χ1) is 7.25. The lowest BCUT2D eigenvalue weighted by molar-refractivity contribution is -0.128. The Kier molecular flexibility index (Phi) is 2.46. The van der Waals surface area contributed by atoms with Crippen LogP contribution in [0.4, 0.5) is 0 Å². The van der Waals surface area contributed by atoms with Crippen LogP contribution >= 0.6 is 0 Å². The summed E-state index contributed by atoms with van der Waals surface area (Å²) in [6.07, 6.45) is 2.14. The molecular formula is C10H18N2O3S. The van der Waals surface area contributed by atoms with Gasteiger partial charge in [-0.1, -0.05) is 13.8 Å². The molecule has 2 bridgehead atoms. The topological polar surface area (TPSA) is 89.3 Å². The third-order valence-corrected chi connectivity index (χ3v) is 5.99. The molecule has 2 rings (SSSR count). The average molecular weight is 246 g/mol. The van der Waals surface area contributed by atoms with Gasteiger partial charge in [0.1, 0.15) is 5.78 Å². The summed E-state index contributed by atoms with van der Waals surface area (Å²) in [5, 5.41) is 0. The Morgan fingerprint density at radius 1 is 1.50 bits per heavy atom. The lowest BCUT2D eigenvalue weighted by atomic mass is 9.70. The molecule has 2 aliphatic carbocycles. The van der Waals surface area contributed by atoms with Crippen molar-refractivity contribution in [3.05, 3.63) is 0 Å². The van der Waals surface area contributed by atoms with Crippen molar-refractivity contribution in [2.75, 3.05) is 5.75 Å². The Bertz CT molecular complexity index is 429. The summed E-state index contributed by atoms with van der Waals surface area (Å²) >= 11 is 0. The summed E-state index contributed by atoms with van der Waals surface area (Å²) in [5.41, 5.74) is -0.948. The van der Waals surface area contributed by atoms with Crippen molar-refractivity contribution in [3.63, 3.8) is 0 Å². The minimum Gasteiger partial charge on any atom is -0.299 e. The molecule has 0 saturated heterocycles. The Morgan fingerprint density at radius 2 is 2.12 bits per heavy atom. The molecule has 0 unspecified atom stereocenters. The molecular weight excluding hydrogens is 228 g/mol. The summed E-state index contributed by atoms with van der Waals surface area (Å²) in [7, 11) is -3.54. The molecule has 0 heterocycles. The number of fused-ring (bicyclic) bond motifs is 2. The molecule has 6 heteroatoms. The van der Waals surface area contributed by atoms with E-state index in [2.05, 4.69) is 0 Å². The average Bonchev–Trinajstić information content (AvgIpc) is 2.51. The van der Waals surface area contributed by atoms with Crippen LogP contribution in [0.15, 0.2) is 0 Å². The second-order valence-electron chi connectivity index (χ2n) is 5.54. The van der Waals surface area contributed by atoms with E-state index in [1.54, 1.807) is 0 Å². The van der Waals surface area contributed by atoms with Gasteiger partial charge < -0.3 is 0 Å². The van der Waals surface area contributed by atoms with Crippen molar-refractivity contribution < 1.29 is 13.2 Å². The predicted octanol–water partition coefficient (Wildman–Crippen LogP) is 0.175. The number of hydrogen-bond acceptors (Lipinski definition) is 4. The van der Waals surface area contributed by atoms with Gasteiger partial charge in [0.2, 0.25) is 10.0 Å². The number of nitrogens with two attached hydrogens (primary N) is 1. The van der Waals surface area contributed by atoms with E-state index in [1.165, 1.54) is 0 Å². The van der Waals surface area contributed by atoms with Gasteiger partial charge in [0, 0.05) is 11.8 Å². The quantitative estimate of drug-likeness (QED) is 0.549. The highest BCUT2D eigenvalue weighted by molar-refractivity contribution is 7.89. The first kappa shape index (κ1) is 12.0. The van der Waals surface area contributed by atoms with Crippen molar-refractivity contribution in [1.29, 1.82) is 0 Å². The fourth-order valence-corrected chi connectivity index (χ4v) is 4.88. The van der Waals surface area contributed by atoms with E-state index >= 15 is 0 Å². The number of sulfonamides is 1. The van der Waals surface area contributed by atoms with Crippen LogP contribution < -0.4 is 10.7 Å². The Balaban J connectivity index is 2.40. The minimum absolute atomic E-state index is 0.0903. The van der Waals surface area contributed by atoms with Gasteiger partial charge >= 0.3 is 0 Å². The molecule has 2 atom stereocenters. The molecule has 0 radical (unpaired) electrons. The largest absolute Gasteiger partial charge is 0.299 e. The predicted molar refractivity (Wildman–Crippen MR) is 59.7 cm³/mol. The van der Waals surface area contributed by atoms with Crippen molar-refractivity contribution >= 4 is 15.8 Å². The smallest absolute Gasteiger partial charge is 0.225 e. The summed E-state index contributed by atoms with van der Waals surface area (Å²) in [6.45, 7) is 4.00. The van der Waals surface area contributed by atoms with Crippen LogP contribution in [0, 0.1) is 16.7 Å². The summed E-state index contributed by atoms with van der Waals surface area (Å²) in [5.74, 6) is 5.25. The van der Waals surface area contributed by atoms with Gasteiger partial charge in [-0.15, -0.1) is 0 Å². The lowest BCUT2D eigenvalue weighted by Gasteiger charge is -2.35. The number of nitrogens with one attached hydrogen (secondary N) is 1. The monoisotopic (exact) mass is 246 g/mol. The molecule has 2 saturated carbocycles. The van der Waals surface area contributed by atoms with Gasteiger partial charge in [0.05, 0.1) is 5.75 Å². The Morgan fingerprint density at radius 3 is 2.50 bits per heavy atom. The second-order valence-corrected chi connectivity index (χ2v) is 7.30. The molecule has 3 N–H and O–H groups in total. The van der Waals surface area contributed by atoms with Gasteiger partial charge in [-0.25, -0.2) is 8.42 Å². The maximum atomic E-state index is 12.0. The molecule has 92 valence electrons. The second kappa shape index (κ2) is 3.27. The summed E-state index contributed by atoms with van der Waals surface area (Å²) < 4.78 is 23.2. The van der Waals surface area contributed by atoms with Crippen LogP contribution in [0.3, 0.4) is 0 Å². The highest BCUT2D eigenvalue weighted by Gasteiger charge is 2.65. The van der Waals surface area contributed by atoms with E-state index in [4.69, 9.17) is 5.84 Å². The molecule has 0 spiro atoms. The van der Waals surface area contributed by atoms with Crippen molar-refractivity contribution in [2.24, 2.45) is 22.6 Å². The lowest BCUT2D eigenvalue weighted by Crippen LogP contribution is -2.46. The van der Waals surface area contributed by atoms with Crippen LogP contribution in [0.2, 0.25) is 0 Å². The minimum atomic E-state index is -3.54. The Labute approximate surface area is 95.8 Å². The first-order valence-corrected chi connectivity index (χ1v) is 7.14. The molecule has 0 aromatic carbocycles. The fraction of sp³-hybridized carbons (Fsp3) is 0.900. The van der Waals surface area contributed by atoms with E-state index in [9.17, 15) is 13.2 Å². The molecule has 2 aliphatic rings. The highest BCUT2D eigenvalue weighted by atomic mass is 32.2. The van der Waals surface area contributed by atoms with E-state index in [0.29, 0.717) is 18.8 Å². The Hall–Kier alpha value is -0.460.